The van der Waals surface area contributed by atoms with Crippen molar-refractivity contribution in [1.82, 2.24) is 0 Å². The normalized spacial score (nSPS) is 34.0. The summed E-state index contributed by atoms with van der Waals surface area (Å²) in [7, 11) is 0. The molecule has 7 atom stereocenters. The molecule has 0 aromatic rings. The standard InChI is InChI=1S/C26H43NO/c1-7-10-18(2)13-14-26(5,6)20(4)24-16-21(24)11-8-9-12-22-17-28-25(27-22)23-15-19(23)3/h7,9,12,18-24H,1,8,10-11,13-17H2,2-6H3/b12-9-. The van der Waals surface area contributed by atoms with Crippen molar-refractivity contribution in [2.24, 2.45) is 45.9 Å². The van der Waals surface area contributed by atoms with Crippen LogP contribution in [0.25, 0.3) is 0 Å². The molecule has 1 heterocycles. The molecule has 0 radical (unpaired) electrons. The van der Waals surface area contributed by atoms with E-state index in [-0.39, 0.29) is 6.04 Å². The van der Waals surface area contributed by atoms with Gasteiger partial charge in [0.2, 0.25) is 0 Å². The molecule has 0 spiro atoms. The second-order valence-electron chi connectivity index (χ2n) is 10.8. The topological polar surface area (TPSA) is 21.6 Å². The predicted molar refractivity (Wildman–Crippen MR) is 121 cm³/mol. The fourth-order valence-electron chi connectivity index (χ4n) is 4.98. The van der Waals surface area contributed by atoms with Gasteiger partial charge in [-0.15, -0.1) is 6.58 Å². The minimum Gasteiger partial charge on any atom is -0.478 e. The summed E-state index contributed by atoms with van der Waals surface area (Å²) in [4.78, 5) is 4.76. The van der Waals surface area contributed by atoms with Gasteiger partial charge in [0, 0.05) is 5.92 Å². The van der Waals surface area contributed by atoms with Gasteiger partial charge in [0.15, 0.2) is 5.90 Å². The number of ether oxygens (including phenoxy) is 1. The molecule has 3 rings (SSSR count). The van der Waals surface area contributed by atoms with Crippen LogP contribution in [-0.4, -0.2) is 18.5 Å². The van der Waals surface area contributed by atoms with Crippen molar-refractivity contribution in [2.45, 2.75) is 85.6 Å². The highest BCUT2D eigenvalue weighted by atomic mass is 16.5. The van der Waals surface area contributed by atoms with E-state index in [0.717, 1.165) is 48.5 Å². The Morgan fingerprint density at radius 2 is 2.04 bits per heavy atom. The van der Waals surface area contributed by atoms with Gasteiger partial charge in [-0.25, -0.2) is 4.99 Å². The number of hydrogen-bond donors (Lipinski definition) is 0. The van der Waals surface area contributed by atoms with Gasteiger partial charge in [-0.3, -0.25) is 0 Å². The Labute approximate surface area is 173 Å². The lowest BCUT2D eigenvalue weighted by atomic mass is 9.72. The van der Waals surface area contributed by atoms with Crippen LogP contribution in [0.1, 0.15) is 79.6 Å². The molecule has 0 bridgehead atoms. The van der Waals surface area contributed by atoms with Crippen LogP contribution < -0.4 is 0 Å². The second kappa shape index (κ2) is 9.18. The molecule has 2 heteroatoms. The highest BCUT2D eigenvalue weighted by Crippen LogP contribution is 2.53. The molecule has 28 heavy (non-hydrogen) atoms. The minimum atomic E-state index is 0.271. The fraction of sp³-hybridized carbons (Fsp3) is 0.808. The average molecular weight is 386 g/mol. The van der Waals surface area contributed by atoms with Gasteiger partial charge in [-0.1, -0.05) is 52.8 Å². The summed E-state index contributed by atoms with van der Waals surface area (Å²) in [5, 5.41) is 0. The Morgan fingerprint density at radius 1 is 1.29 bits per heavy atom. The summed E-state index contributed by atoms with van der Waals surface area (Å²) >= 11 is 0. The third kappa shape index (κ3) is 5.74. The first-order chi connectivity index (χ1) is 13.3. The summed E-state index contributed by atoms with van der Waals surface area (Å²) in [6.07, 6.45) is 15.8. The molecule has 0 saturated heterocycles. The Hall–Kier alpha value is -1.05. The molecule has 2 nitrogen and oxygen atoms in total. The zero-order chi connectivity index (χ0) is 20.3. The first-order valence-corrected chi connectivity index (χ1v) is 11.8. The van der Waals surface area contributed by atoms with Crippen molar-refractivity contribution in [2.75, 3.05) is 6.61 Å². The van der Waals surface area contributed by atoms with Gasteiger partial charge < -0.3 is 4.74 Å². The van der Waals surface area contributed by atoms with Crippen molar-refractivity contribution >= 4 is 5.90 Å². The molecular weight excluding hydrogens is 342 g/mol. The lowest BCUT2D eigenvalue weighted by Crippen LogP contribution is -2.24. The van der Waals surface area contributed by atoms with E-state index >= 15 is 0 Å². The van der Waals surface area contributed by atoms with Crippen LogP contribution in [0.15, 0.2) is 29.8 Å². The van der Waals surface area contributed by atoms with Crippen LogP contribution in [-0.2, 0) is 4.74 Å². The largest absolute Gasteiger partial charge is 0.478 e. The van der Waals surface area contributed by atoms with E-state index < -0.39 is 0 Å². The van der Waals surface area contributed by atoms with Gasteiger partial charge in [-0.05, 0) is 80.0 Å². The van der Waals surface area contributed by atoms with Gasteiger partial charge in [-0.2, -0.15) is 0 Å². The van der Waals surface area contributed by atoms with Crippen LogP contribution in [0.2, 0.25) is 0 Å². The monoisotopic (exact) mass is 385 g/mol. The minimum absolute atomic E-state index is 0.271. The number of aliphatic imine (C=N–C) groups is 1. The Balaban J connectivity index is 1.34. The summed E-state index contributed by atoms with van der Waals surface area (Å²) in [6, 6.07) is 0.271. The third-order valence-electron chi connectivity index (χ3n) is 7.89. The van der Waals surface area contributed by atoms with Crippen LogP contribution in [0.4, 0.5) is 0 Å². The van der Waals surface area contributed by atoms with Crippen molar-refractivity contribution in [1.29, 1.82) is 0 Å². The van der Waals surface area contributed by atoms with Crippen LogP contribution in [0, 0.1) is 40.9 Å². The maximum absolute atomic E-state index is 5.78. The molecule has 0 aromatic carbocycles. The molecule has 0 amide bonds. The molecule has 0 N–H and O–H groups in total. The quantitative estimate of drug-likeness (QED) is 0.329. The van der Waals surface area contributed by atoms with Crippen LogP contribution in [0.3, 0.4) is 0 Å². The molecule has 2 aliphatic carbocycles. The first kappa shape index (κ1) is 21.7. The Bertz CT molecular complexity index is 589. The van der Waals surface area contributed by atoms with Crippen molar-refractivity contribution in [3.8, 4) is 0 Å². The van der Waals surface area contributed by atoms with E-state index in [1.807, 2.05) is 0 Å². The molecule has 2 fully saturated rings. The number of nitrogens with zero attached hydrogens (tertiary/aromatic N) is 1. The zero-order valence-corrected chi connectivity index (χ0v) is 19.0. The van der Waals surface area contributed by atoms with Gasteiger partial charge in [0.1, 0.15) is 12.6 Å². The fourth-order valence-corrected chi connectivity index (χ4v) is 4.98. The lowest BCUT2D eigenvalue weighted by molar-refractivity contribution is 0.167. The van der Waals surface area contributed by atoms with Gasteiger partial charge >= 0.3 is 0 Å². The molecule has 158 valence electrons. The highest BCUT2D eigenvalue weighted by Gasteiger charge is 2.45. The third-order valence-corrected chi connectivity index (χ3v) is 7.89. The molecule has 1 aliphatic heterocycles. The van der Waals surface area contributed by atoms with E-state index in [1.165, 1.54) is 38.5 Å². The molecule has 7 unspecified atom stereocenters. The Kier molecular flexibility index (Phi) is 7.10. The number of rotatable bonds is 12. The van der Waals surface area contributed by atoms with E-state index in [2.05, 4.69) is 59.4 Å². The zero-order valence-electron chi connectivity index (χ0n) is 19.0. The van der Waals surface area contributed by atoms with E-state index in [1.54, 1.807) is 0 Å². The number of hydrogen-bond acceptors (Lipinski definition) is 2. The summed E-state index contributed by atoms with van der Waals surface area (Å²) in [5.74, 6) is 5.91. The maximum Gasteiger partial charge on any atom is 0.187 e. The Morgan fingerprint density at radius 3 is 2.71 bits per heavy atom. The average Bonchev–Trinajstić information content (AvgIpc) is 3.54. The van der Waals surface area contributed by atoms with Crippen LogP contribution >= 0.6 is 0 Å². The van der Waals surface area contributed by atoms with Gasteiger partial charge in [0.05, 0.1) is 0 Å². The van der Waals surface area contributed by atoms with Crippen molar-refractivity contribution in [3.63, 3.8) is 0 Å². The molecule has 0 aromatic heterocycles. The van der Waals surface area contributed by atoms with E-state index in [0.29, 0.717) is 11.3 Å². The van der Waals surface area contributed by atoms with Crippen molar-refractivity contribution in [3.05, 3.63) is 24.8 Å². The summed E-state index contributed by atoms with van der Waals surface area (Å²) in [6.45, 7) is 16.8. The smallest absolute Gasteiger partial charge is 0.187 e. The molecule has 3 aliphatic rings. The summed E-state index contributed by atoms with van der Waals surface area (Å²) < 4.78 is 5.78. The molecular formula is C26H43NO. The first-order valence-electron chi connectivity index (χ1n) is 11.8. The second-order valence-corrected chi connectivity index (χ2v) is 10.8. The predicted octanol–water partition coefficient (Wildman–Crippen LogP) is 7.07. The summed E-state index contributed by atoms with van der Waals surface area (Å²) in [5.41, 5.74) is 0.455. The SMILES string of the molecule is C=CCC(C)CCC(C)(C)C(C)C1CC1CC/C=C\C1COC(C2CC2C)=N1. The molecule has 2 saturated carbocycles. The van der Waals surface area contributed by atoms with E-state index in [4.69, 9.17) is 9.73 Å². The lowest BCUT2D eigenvalue weighted by Gasteiger charge is -2.33. The van der Waals surface area contributed by atoms with Crippen LogP contribution in [0.5, 0.6) is 0 Å². The highest BCUT2D eigenvalue weighted by molar-refractivity contribution is 5.83. The van der Waals surface area contributed by atoms with Gasteiger partial charge in [0.25, 0.3) is 0 Å². The van der Waals surface area contributed by atoms with Crippen molar-refractivity contribution < 1.29 is 4.74 Å². The van der Waals surface area contributed by atoms with E-state index in [9.17, 15) is 0 Å². The maximum atomic E-state index is 5.78. The number of allylic oxidation sites excluding steroid dienone is 2.